The summed E-state index contributed by atoms with van der Waals surface area (Å²) in [4.78, 5) is 40.0. The highest BCUT2D eigenvalue weighted by Gasteiger charge is 2.25. The number of benzene rings is 1. The molecule has 1 aromatic carbocycles. The van der Waals surface area contributed by atoms with E-state index in [1.54, 1.807) is 4.90 Å². The van der Waals surface area contributed by atoms with Crippen LogP contribution in [0.5, 0.6) is 0 Å². The van der Waals surface area contributed by atoms with Gasteiger partial charge in [-0.15, -0.1) is 0 Å². The van der Waals surface area contributed by atoms with E-state index >= 15 is 0 Å². The van der Waals surface area contributed by atoms with Gasteiger partial charge in [-0.1, -0.05) is 11.6 Å². The number of carbonyl (C=O) groups is 3. The molecule has 3 amide bonds. The van der Waals surface area contributed by atoms with Crippen molar-refractivity contribution in [3.05, 3.63) is 29.0 Å². The number of amides is 3. The van der Waals surface area contributed by atoms with Gasteiger partial charge in [-0.05, 0) is 45.4 Å². The largest absolute Gasteiger partial charge is 0.350 e. The van der Waals surface area contributed by atoms with Crippen molar-refractivity contribution in [1.82, 2.24) is 15.1 Å². The summed E-state index contributed by atoms with van der Waals surface area (Å²) in [5.74, 6) is -1.37. The molecule has 0 aliphatic carbocycles. The fourth-order valence-corrected chi connectivity index (χ4v) is 3.16. The molecular formula is C19H26ClFN4O3. The van der Waals surface area contributed by atoms with E-state index in [0.717, 1.165) is 12.1 Å². The fourth-order valence-electron chi connectivity index (χ4n) is 2.94. The quantitative estimate of drug-likeness (QED) is 0.773. The van der Waals surface area contributed by atoms with Gasteiger partial charge in [0.2, 0.25) is 17.7 Å². The highest BCUT2D eigenvalue weighted by atomic mass is 35.5. The Morgan fingerprint density at radius 1 is 1.14 bits per heavy atom. The van der Waals surface area contributed by atoms with Crippen LogP contribution < -0.4 is 10.6 Å². The molecule has 1 fully saturated rings. The predicted octanol–water partition coefficient (Wildman–Crippen LogP) is 1.87. The zero-order valence-corrected chi connectivity index (χ0v) is 17.1. The van der Waals surface area contributed by atoms with E-state index in [1.807, 2.05) is 20.8 Å². The standard InChI is InChI=1S/C19H26ClFN4O3/c1-19(2,3)23-17(27)10-24-5-4-6-25(18(28)12-24)11-16(26)22-15-8-13(20)7-14(21)9-15/h7-9H,4-6,10-12H2,1-3H3,(H,22,26)(H,23,27). The molecule has 7 nitrogen and oxygen atoms in total. The number of rotatable bonds is 5. The van der Waals surface area contributed by atoms with Crippen LogP contribution >= 0.6 is 11.6 Å². The molecule has 0 aromatic heterocycles. The van der Waals surface area contributed by atoms with Crippen molar-refractivity contribution in [3.8, 4) is 0 Å². The summed E-state index contributed by atoms with van der Waals surface area (Å²) < 4.78 is 13.4. The first-order chi connectivity index (χ1) is 13.0. The molecule has 154 valence electrons. The van der Waals surface area contributed by atoms with Crippen molar-refractivity contribution < 1.29 is 18.8 Å². The van der Waals surface area contributed by atoms with E-state index < -0.39 is 11.7 Å². The lowest BCUT2D eigenvalue weighted by atomic mass is 10.1. The minimum atomic E-state index is -0.558. The molecule has 0 radical (unpaired) electrons. The van der Waals surface area contributed by atoms with E-state index in [-0.39, 0.29) is 47.7 Å². The molecule has 9 heteroatoms. The Morgan fingerprint density at radius 3 is 2.50 bits per heavy atom. The normalized spacial score (nSPS) is 15.9. The van der Waals surface area contributed by atoms with Crippen LogP contribution in [0.1, 0.15) is 27.2 Å². The Bertz CT molecular complexity index is 731. The van der Waals surface area contributed by atoms with Crippen molar-refractivity contribution in [1.29, 1.82) is 0 Å². The molecule has 0 atom stereocenters. The zero-order valence-electron chi connectivity index (χ0n) is 16.3. The van der Waals surface area contributed by atoms with Crippen LogP contribution in [-0.2, 0) is 14.4 Å². The van der Waals surface area contributed by atoms with Crippen LogP contribution in [0.4, 0.5) is 10.1 Å². The number of hydrogen-bond donors (Lipinski definition) is 2. The molecule has 0 bridgehead atoms. The van der Waals surface area contributed by atoms with Crippen molar-refractivity contribution in [2.24, 2.45) is 0 Å². The van der Waals surface area contributed by atoms with Crippen molar-refractivity contribution in [2.75, 3.05) is 38.0 Å². The van der Waals surface area contributed by atoms with Gasteiger partial charge in [-0.2, -0.15) is 0 Å². The summed E-state index contributed by atoms with van der Waals surface area (Å²) in [5.41, 5.74) is -0.102. The fraction of sp³-hybridized carbons (Fsp3) is 0.526. The van der Waals surface area contributed by atoms with Gasteiger partial charge < -0.3 is 15.5 Å². The van der Waals surface area contributed by atoms with Gasteiger partial charge in [0.25, 0.3) is 0 Å². The van der Waals surface area contributed by atoms with Crippen LogP contribution in [0.3, 0.4) is 0 Å². The summed E-state index contributed by atoms with van der Waals surface area (Å²) >= 11 is 5.77. The molecule has 28 heavy (non-hydrogen) atoms. The first-order valence-electron chi connectivity index (χ1n) is 9.09. The summed E-state index contributed by atoms with van der Waals surface area (Å²) in [5, 5.41) is 5.59. The summed E-state index contributed by atoms with van der Waals surface area (Å²) in [6.45, 7) is 6.73. The number of nitrogens with zero attached hydrogens (tertiary/aromatic N) is 2. The number of nitrogens with one attached hydrogen (secondary N) is 2. The lowest BCUT2D eigenvalue weighted by Gasteiger charge is -2.24. The van der Waals surface area contributed by atoms with Crippen LogP contribution in [0.15, 0.2) is 18.2 Å². The van der Waals surface area contributed by atoms with Gasteiger partial charge in [0.05, 0.1) is 19.6 Å². The topological polar surface area (TPSA) is 81.8 Å². The Balaban J connectivity index is 1.89. The van der Waals surface area contributed by atoms with Crippen molar-refractivity contribution >= 4 is 35.0 Å². The lowest BCUT2D eigenvalue weighted by molar-refractivity contribution is -0.135. The first kappa shape index (κ1) is 22.1. The molecule has 0 spiro atoms. The molecule has 1 aliphatic heterocycles. The van der Waals surface area contributed by atoms with E-state index in [4.69, 9.17) is 11.6 Å². The van der Waals surface area contributed by atoms with E-state index in [2.05, 4.69) is 10.6 Å². The van der Waals surface area contributed by atoms with Crippen molar-refractivity contribution in [2.45, 2.75) is 32.7 Å². The highest BCUT2D eigenvalue weighted by molar-refractivity contribution is 6.30. The maximum atomic E-state index is 13.4. The Morgan fingerprint density at radius 2 is 1.86 bits per heavy atom. The second kappa shape index (κ2) is 9.34. The molecule has 0 unspecified atom stereocenters. The second-order valence-electron chi connectivity index (χ2n) is 7.88. The van der Waals surface area contributed by atoms with E-state index in [0.29, 0.717) is 19.5 Å². The first-order valence-corrected chi connectivity index (χ1v) is 9.47. The minimum Gasteiger partial charge on any atom is -0.350 e. The van der Waals surface area contributed by atoms with E-state index in [1.165, 1.54) is 11.0 Å². The summed E-state index contributed by atoms with van der Waals surface area (Å²) in [6.07, 6.45) is 0.646. The summed E-state index contributed by atoms with van der Waals surface area (Å²) in [6, 6.07) is 3.73. The van der Waals surface area contributed by atoms with Crippen LogP contribution in [-0.4, -0.2) is 65.8 Å². The van der Waals surface area contributed by atoms with Gasteiger partial charge in [0.1, 0.15) is 5.82 Å². The van der Waals surface area contributed by atoms with Crippen molar-refractivity contribution in [3.63, 3.8) is 0 Å². The molecular weight excluding hydrogens is 387 g/mol. The van der Waals surface area contributed by atoms with Crippen LogP contribution in [0.25, 0.3) is 0 Å². The maximum Gasteiger partial charge on any atom is 0.243 e. The smallest absolute Gasteiger partial charge is 0.243 e. The Labute approximate surface area is 169 Å². The number of carbonyl (C=O) groups excluding carboxylic acids is 3. The van der Waals surface area contributed by atoms with Crippen LogP contribution in [0.2, 0.25) is 5.02 Å². The van der Waals surface area contributed by atoms with Crippen LogP contribution in [0, 0.1) is 5.82 Å². The van der Waals surface area contributed by atoms with Gasteiger partial charge in [-0.3, -0.25) is 19.3 Å². The SMILES string of the molecule is CC(C)(C)NC(=O)CN1CCCN(CC(=O)Nc2cc(F)cc(Cl)c2)C(=O)C1. The third-order valence-electron chi connectivity index (χ3n) is 3.98. The average Bonchev–Trinajstić information content (AvgIpc) is 2.66. The minimum absolute atomic E-state index is 0.0661. The number of anilines is 1. The number of halogens is 2. The third-order valence-corrected chi connectivity index (χ3v) is 4.19. The van der Waals surface area contributed by atoms with Gasteiger partial charge in [-0.25, -0.2) is 4.39 Å². The lowest BCUT2D eigenvalue weighted by Crippen LogP contribution is -2.47. The third kappa shape index (κ3) is 7.44. The monoisotopic (exact) mass is 412 g/mol. The van der Waals surface area contributed by atoms with Gasteiger partial charge >= 0.3 is 0 Å². The second-order valence-corrected chi connectivity index (χ2v) is 8.32. The maximum absolute atomic E-state index is 13.4. The molecule has 1 aromatic rings. The molecule has 0 saturated carbocycles. The molecule has 1 aliphatic rings. The molecule has 1 saturated heterocycles. The molecule has 2 N–H and O–H groups in total. The Hall–Kier alpha value is -2.19. The van der Waals surface area contributed by atoms with E-state index in [9.17, 15) is 18.8 Å². The molecule has 1 heterocycles. The zero-order chi connectivity index (χ0) is 20.9. The highest BCUT2D eigenvalue weighted by Crippen LogP contribution is 2.18. The van der Waals surface area contributed by atoms with Gasteiger partial charge in [0.15, 0.2) is 0 Å². The summed E-state index contributed by atoms with van der Waals surface area (Å²) in [7, 11) is 0. The van der Waals surface area contributed by atoms with Gasteiger partial charge in [0, 0.05) is 29.3 Å². The number of hydrogen-bond acceptors (Lipinski definition) is 4. The average molecular weight is 413 g/mol. The Kier molecular flexibility index (Phi) is 7.37. The molecule has 2 rings (SSSR count). The predicted molar refractivity (Wildman–Crippen MR) is 106 cm³/mol.